The Morgan fingerprint density at radius 3 is 2.22 bits per heavy atom. The van der Waals surface area contributed by atoms with Crippen molar-refractivity contribution in [1.29, 1.82) is 0 Å². The molecular formula is C24H23ClN2O4S. The van der Waals surface area contributed by atoms with Crippen LogP contribution in [0, 0.1) is 0 Å². The average Bonchev–Trinajstić information content (AvgIpc) is 2.82. The fraction of sp³-hybridized carbons (Fsp3) is 0.208. The molecular weight excluding hydrogens is 448 g/mol. The molecule has 1 N–H and O–H groups in total. The number of carbonyl (C=O) groups is 1. The summed E-state index contributed by atoms with van der Waals surface area (Å²) < 4.78 is 33.2. The zero-order valence-corrected chi connectivity index (χ0v) is 18.9. The number of hydrogen-bond donors (Lipinski definition) is 1. The van der Waals surface area contributed by atoms with Crippen LogP contribution in [0.25, 0.3) is 0 Å². The fourth-order valence-electron chi connectivity index (χ4n) is 3.52. The van der Waals surface area contributed by atoms with Crippen molar-refractivity contribution in [2.24, 2.45) is 0 Å². The molecule has 6 nitrogen and oxygen atoms in total. The molecule has 1 saturated heterocycles. The summed E-state index contributed by atoms with van der Waals surface area (Å²) in [5.74, 6) is 0.928. The molecule has 0 bridgehead atoms. The van der Waals surface area contributed by atoms with Crippen LogP contribution in [0.15, 0.2) is 77.7 Å². The lowest BCUT2D eigenvalue weighted by Gasteiger charge is -2.26. The molecule has 1 aliphatic rings. The van der Waals surface area contributed by atoms with Crippen LogP contribution in [0.5, 0.6) is 11.5 Å². The van der Waals surface area contributed by atoms with Crippen molar-refractivity contribution in [3.63, 3.8) is 0 Å². The van der Waals surface area contributed by atoms with E-state index >= 15 is 0 Å². The van der Waals surface area contributed by atoms with Crippen molar-refractivity contribution in [3.8, 4) is 11.5 Å². The highest BCUT2D eigenvalue weighted by Gasteiger charge is 2.28. The summed E-state index contributed by atoms with van der Waals surface area (Å²) in [7, 11) is -3.75. The molecule has 8 heteroatoms. The Kier molecular flexibility index (Phi) is 6.79. The first-order chi connectivity index (χ1) is 15.4. The molecule has 1 fully saturated rings. The van der Waals surface area contributed by atoms with E-state index in [1.807, 2.05) is 30.3 Å². The van der Waals surface area contributed by atoms with E-state index in [1.54, 1.807) is 24.3 Å². The van der Waals surface area contributed by atoms with E-state index < -0.39 is 15.9 Å². The molecule has 0 saturated carbocycles. The molecule has 0 atom stereocenters. The van der Waals surface area contributed by atoms with E-state index in [0.717, 1.165) is 19.3 Å². The number of ether oxygens (including phenoxy) is 1. The molecule has 0 spiro atoms. The number of nitrogens with one attached hydrogen (secondary N) is 1. The van der Waals surface area contributed by atoms with Crippen molar-refractivity contribution in [2.45, 2.75) is 24.2 Å². The second kappa shape index (κ2) is 9.73. The highest BCUT2D eigenvalue weighted by atomic mass is 35.5. The average molecular weight is 471 g/mol. The predicted molar refractivity (Wildman–Crippen MR) is 125 cm³/mol. The van der Waals surface area contributed by atoms with E-state index in [2.05, 4.69) is 5.32 Å². The molecule has 166 valence electrons. The maximum absolute atomic E-state index is 13.0. The van der Waals surface area contributed by atoms with Gasteiger partial charge in [-0.25, -0.2) is 8.42 Å². The number of piperidine rings is 1. The van der Waals surface area contributed by atoms with Gasteiger partial charge in [-0.05, 0) is 67.4 Å². The van der Waals surface area contributed by atoms with Gasteiger partial charge in [-0.2, -0.15) is 4.31 Å². The topological polar surface area (TPSA) is 75.7 Å². The Morgan fingerprint density at radius 1 is 0.875 bits per heavy atom. The summed E-state index contributed by atoms with van der Waals surface area (Å²) in [5, 5.41) is 2.89. The smallest absolute Gasteiger partial charge is 0.255 e. The summed E-state index contributed by atoms with van der Waals surface area (Å²) in [4.78, 5) is 12.7. The fourth-order valence-corrected chi connectivity index (χ4v) is 5.54. The van der Waals surface area contributed by atoms with Crippen LogP contribution < -0.4 is 10.1 Å². The number of hydrogen-bond acceptors (Lipinski definition) is 4. The lowest BCUT2D eigenvalue weighted by Crippen LogP contribution is -2.35. The standard InChI is InChI=1S/C24H23ClN2O4S/c25-22-14-9-18(17-23(22)32(29,30)27-15-5-2-6-16-27)24(28)26-19-10-12-21(13-11-19)31-20-7-3-1-4-8-20/h1,3-4,7-14,17H,2,5-6,15-16H2,(H,26,28). The van der Waals surface area contributed by atoms with Gasteiger partial charge in [-0.3, -0.25) is 4.79 Å². The number of amides is 1. The summed E-state index contributed by atoms with van der Waals surface area (Å²) in [6.45, 7) is 0.930. The van der Waals surface area contributed by atoms with Gasteiger partial charge in [0.2, 0.25) is 10.0 Å². The molecule has 0 aliphatic carbocycles. The van der Waals surface area contributed by atoms with Gasteiger partial charge in [-0.1, -0.05) is 36.2 Å². The van der Waals surface area contributed by atoms with Crippen LogP contribution in [0.4, 0.5) is 5.69 Å². The van der Waals surface area contributed by atoms with Gasteiger partial charge in [0.25, 0.3) is 5.91 Å². The molecule has 4 rings (SSSR count). The summed E-state index contributed by atoms with van der Waals surface area (Å²) in [6.07, 6.45) is 2.65. The normalized spacial score (nSPS) is 14.7. The number of nitrogens with zero attached hydrogens (tertiary/aromatic N) is 1. The van der Waals surface area contributed by atoms with Gasteiger partial charge >= 0.3 is 0 Å². The van der Waals surface area contributed by atoms with E-state index in [9.17, 15) is 13.2 Å². The molecule has 32 heavy (non-hydrogen) atoms. The van der Waals surface area contributed by atoms with Gasteiger partial charge in [0, 0.05) is 24.3 Å². The van der Waals surface area contributed by atoms with E-state index in [-0.39, 0.29) is 15.5 Å². The first kappa shape index (κ1) is 22.3. The number of para-hydroxylation sites is 1. The van der Waals surface area contributed by atoms with Crippen LogP contribution in [0.1, 0.15) is 29.6 Å². The number of anilines is 1. The molecule has 0 radical (unpaired) electrons. The Hall–Kier alpha value is -2.87. The molecule has 3 aromatic rings. The largest absolute Gasteiger partial charge is 0.457 e. The summed E-state index contributed by atoms with van der Waals surface area (Å²) in [5.41, 5.74) is 0.778. The highest BCUT2D eigenvalue weighted by molar-refractivity contribution is 7.89. The molecule has 3 aromatic carbocycles. The van der Waals surface area contributed by atoms with Gasteiger partial charge in [-0.15, -0.1) is 0 Å². The van der Waals surface area contributed by atoms with Crippen molar-refractivity contribution < 1.29 is 17.9 Å². The van der Waals surface area contributed by atoms with Crippen molar-refractivity contribution in [2.75, 3.05) is 18.4 Å². The van der Waals surface area contributed by atoms with E-state index in [0.29, 0.717) is 30.3 Å². The van der Waals surface area contributed by atoms with Crippen LogP contribution in [0.3, 0.4) is 0 Å². The zero-order valence-electron chi connectivity index (χ0n) is 17.3. The van der Waals surface area contributed by atoms with Gasteiger partial charge < -0.3 is 10.1 Å². The summed E-state index contributed by atoms with van der Waals surface area (Å²) in [6, 6.07) is 20.6. The third-order valence-corrected chi connectivity index (χ3v) is 7.60. The minimum atomic E-state index is -3.75. The number of carbonyl (C=O) groups excluding carboxylic acids is 1. The Labute approximate surface area is 192 Å². The Morgan fingerprint density at radius 2 is 1.53 bits per heavy atom. The van der Waals surface area contributed by atoms with Gasteiger partial charge in [0.05, 0.1) is 5.02 Å². The maximum Gasteiger partial charge on any atom is 0.255 e. The van der Waals surface area contributed by atoms with Crippen LogP contribution in [0.2, 0.25) is 5.02 Å². The molecule has 1 heterocycles. The minimum absolute atomic E-state index is 0.0414. The number of rotatable bonds is 6. The second-order valence-corrected chi connectivity index (χ2v) is 9.82. The van der Waals surface area contributed by atoms with Gasteiger partial charge in [0.1, 0.15) is 16.4 Å². The number of benzene rings is 3. The minimum Gasteiger partial charge on any atom is -0.457 e. The van der Waals surface area contributed by atoms with Crippen LogP contribution in [-0.2, 0) is 10.0 Å². The van der Waals surface area contributed by atoms with Crippen molar-refractivity contribution in [3.05, 3.63) is 83.4 Å². The van der Waals surface area contributed by atoms with Crippen LogP contribution >= 0.6 is 11.6 Å². The third-order valence-electron chi connectivity index (χ3n) is 5.22. The Balaban J connectivity index is 1.48. The summed E-state index contributed by atoms with van der Waals surface area (Å²) >= 11 is 6.20. The monoisotopic (exact) mass is 470 g/mol. The van der Waals surface area contributed by atoms with Crippen molar-refractivity contribution >= 4 is 33.2 Å². The molecule has 0 aromatic heterocycles. The van der Waals surface area contributed by atoms with Crippen molar-refractivity contribution in [1.82, 2.24) is 4.31 Å². The number of sulfonamides is 1. The predicted octanol–water partition coefficient (Wildman–Crippen LogP) is 5.56. The number of halogens is 1. The van der Waals surface area contributed by atoms with E-state index in [4.69, 9.17) is 16.3 Å². The van der Waals surface area contributed by atoms with E-state index in [1.165, 1.54) is 22.5 Å². The third kappa shape index (κ3) is 5.12. The maximum atomic E-state index is 13.0. The first-order valence-electron chi connectivity index (χ1n) is 10.4. The molecule has 1 amide bonds. The van der Waals surface area contributed by atoms with Gasteiger partial charge in [0.15, 0.2) is 0 Å². The SMILES string of the molecule is O=C(Nc1ccc(Oc2ccccc2)cc1)c1ccc(Cl)c(S(=O)(=O)N2CCCCC2)c1. The lowest BCUT2D eigenvalue weighted by molar-refractivity contribution is 0.102. The second-order valence-electron chi connectivity index (χ2n) is 7.50. The highest BCUT2D eigenvalue weighted by Crippen LogP contribution is 2.28. The van der Waals surface area contributed by atoms with Crippen LogP contribution in [-0.4, -0.2) is 31.7 Å². The quantitative estimate of drug-likeness (QED) is 0.511. The molecule has 0 unspecified atom stereocenters. The Bertz CT molecular complexity index is 1190. The first-order valence-corrected chi connectivity index (χ1v) is 12.2. The lowest BCUT2D eigenvalue weighted by atomic mass is 10.2. The molecule has 1 aliphatic heterocycles. The zero-order chi connectivity index (χ0) is 22.6.